The van der Waals surface area contributed by atoms with Crippen molar-refractivity contribution in [2.75, 3.05) is 49.1 Å². The van der Waals surface area contributed by atoms with Crippen molar-refractivity contribution in [3.05, 3.63) is 63.7 Å². The smallest absolute Gasteiger partial charge is 0.414 e. The molecule has 5 rings (SSSR count). The van der Waals surface area contributed by atoms with Gasteiger partial charge in [0.25, 0.3) is 11.6 Å². The maximum atomic E-state index is 12.8. The number of anilines is 2. The first kappa shape index (κ1) is 22.1. The van der Waals surface area contributed by atoms with Crippen LogP contribution in [0, 0.1) is 10.1 Å². The van der Waals surface area contributed by atoms with E-state index in [9.17, 15) is 19.7 Å². The lowest BCUT2D eigenvalue weighted by Gasteiger charge is -2.40. The van der Waals surface area contributed by atoms with E-state index in [1.807, 2.05) is 29.2 Å². The summed E-state index contributed by atoms with van der Waals surface area (Å²) in [4.78, 5) is 42.2. The van der Waals surface area contributed by atoms with Gasteiger partial charge in [-0.3, -0.25) is 19.8 Å². The predicted molar refractivity (Wildman–Crippen MR) is 126 cm³/mol. The van der Waals surface area contributed by atoms with Gasteiger partial charge in [-0.1, -0.05) is 18.2 Å². The van der Waals surface area contributed by atoms with Crippen molar-refractivity contribution < 1.29 is 19.2 Å². The number of rotatable bonds is 4. The molecular formula is C24H27N5O5. The number of hydrogen-bond acceptors (Lipinski definition) is 7. The van der Waals surface area contributed by atoms with E-state index in [4.69, 9.17) is 4.74 Å². The molecule has 0 saturated carbocycles. The number of carbonyl (C=O) groups excluding carboxylic acids is 2. The molecule has 0 atom stereocenters. The van der Waals surface area contributed by atoms with Gasteiger partial charge in [-0.25, -0.2) is 4.79 Å². The van der Waals surface area contributed by atoms with E-state index in [1.165, 1.54) is 6.07 Å². The van der Waals surface area contributed by atoms with Crippen LogP contribution in [0.4, 0.5) is 21.9 Å². The van der Waals surface area contributed by atoms with E-state index in [1.54, 1.807) is 21.9 Å². The molecule has 34 heavy (non-hydrogen) atoms. The van der Waals surface area contributed by atoms with Crippen LogP contribution >= 0.6 is 0 Å². The SMILES string of the molecule is O=C(c1ccc(N2CCC(N3C(=O)OCc4ccccc43)CC2)c([N+](=O)[O-])c1)N1CCNCC1. The Morgan fingerprint density at radius 2 is 1.76 bits per heavy atom. The van der Waals surface area contributed by atoms with Crippen molar-refractivity contribution >= 4 is 29.1 Å². The highest BCUT2D eigenvalue weighted by Crippen LogP contribution is 2.35. The predicted octanol–water partition coefficient (Wildman–Crippen LogP) is 2.77. The second kappa shape index (κ2) is 9.30. The fraction of sp³-hybridized carbons (Fsp3) is 0.417. The Morgan fingerprint density at radius 1 is 1.03 bits per heavy atom. The zero-order chi connectivity index (χ0) is 23.7. The number of nitro groups is 1. The fourth-order valence-corrected chi connectivity index (χ4v) is 5.01. The van der Waals surface area contributed by atoms with Crippen LogP contribution in [-0.4, -0.2) is 67.1 Å². The van der Waals surface area contributed by atoms with Crippen molar-refractivity contribution in [3.63, 3.8) is 0 Å². The molecule has 0 radical (unpaired) electrons. The molecule has 10 heteroatoms. The zero-order valence-electron chi connectivity index (χ0n) is 18.8. The van der Waals surface area contributed by atoms with Gasteiger partial charge < -0.3 is 19.9 Å². The number of piperidine rings is 1. The molecule has 0 unspecified atom stereocenters. The topological polar surface area (TPSA) is 108 Å². The Labute approximate surface area is 197 Å². The Kier molecular flexibility index (Phi) is 6.06. The standard InChI is InChI=1S/C24H27N5O5/c30-23(27-13-9-25-10-14-27)17-5-6-21(22(15-17)29(32)33)26-11-7-19(8-12-26)28-20-4-2-1-3-18(20)16-34-24(28)31/h1-6,15,19,25H,7-14,16H2. The van der Waals surface area contributed by atoms with Gasteiger partial charge in [0.2, 0.25) is 0 Å². The number of ether oxygens (including phenoxy) is 1. The number of hydrogen-bond donors (Lipinski definition) is 1. The summed E-state index contributed by atoms with van der Waals surface area (Å²) < 4.78 is 5.36. The number of benzene rings is 2. The third-order valence-electron chi connectivity index (χ3n) is 6.79. The Hall–Kier alpha value is -3.66. The quantitative estimate of drug-likeness (QED) is 0.546. The molecule has 0 spiro atoms. The molecule has 2 aromatic carbocycles. The lowest BCUT2D eigenvalue weighted by atomic mass is 9.99. The van der Waals surface area contributed by atoms with Crippen molar-refractivity contribution in [1.82, 2.24) is 10.2 Å². The zero-order valence-corrected chi connectivity index (χ0v) is 18.8. The summed E-state index contributed by atoms with van der Waals surface area (Å²) >= 11 is 0. The summed E-state index contributed by atoms with van der Waals surface area (Å²) in [6, 6.07) is 12.4. The van der Waals surface area contributed by atoms with Crippen molar-refractivity contribution in [2.45, 2.75) is 25.5 Å². The number of nitrogens with one attached hydrogen (secondary N) is 1. The van der Waals surface area contributed by atoms with Gasteiger partial charge in [0, 0.05) is 62.5 Å². The van der Waals surface area contributed by atoms with E-state index < -0.39 is 4.92 Å². The summed E-state index contributed by atoms with van der Waals surface area (Å²) in [6.07, 6.45) is 0.961. The van der Waals surface area contributed by atoms with Gasteiger partial charge in [-0.05, 0) is 31.0 Å². The monoisotopic (exact) mass is 465 g/mol. The van der Waals surface area contributed by atoms with Gasteiger partial charge >= 0.3 is 6.09 Å². The van der Waals surface area contributed by atoms with Crippen LogP contribution in [0.25, 0.3) is 0 Å². The normalized spacial score (nSPS) is 18.9. The number of fused-ring (bicyclic) bond motifs is 1. The lowest BCUT2D eigenvalue weighted by Crippen LogP contribution is -2.49. The largest absolute Gasteiger partial charge is 0.444 e. The molecule has 0 aliphatic carbocycles. The minimum Gasteiger partial charge on any atom is -0.444 e. The van der Waals surface area contributed by atoms with Gasteiger partial charge in [0.05, 0.1) is 10.6 Å². The second-order valence-electron chi connectivity index (χ2n) is 8.77. The summed E-state index contributed by atoms with van der Waals surface area (Å²) in [5, 5.41) is 15.1. The van der Waals surface area contributed by atoms with Crippen molar-refractivity contribution in [2.24, 2.45) is 0 Å². The molecule has 1 N–H and O–H groups in total. The Balaban J connectivity index is 1.32. The molecule has 0 aromatic heterocycles. The molecule has 3 aliphatic rings. The highest BCUT2D eigenvalue weighted by Gasteiger charge is 2.35. The van der Waals surface area contributed by atoms with Crippen LogP contribution in [0.1, 0.15) is 28.8 Å². The molecule has 0 bridgehead atoms. The van der Waals surface area contributed by atoms with Crippen LogP contribution in [0.5, 0.6) is 0 Å². The average Bonchev–Trinajstić information content (AvgIpc) is 2.88. The molecule has 2 saturated heterocycles. The third-order valence-corrected chi connectivity index (χ3v) is 6.79. The first-order valence-electron chi connectivity index (χ1n) is 11.6. The number of carbonyl (C=O) groups is 2. The Morgan fingerprint density at radius 3 is 2.50 bits per heavy atom. The van der Waals surface area contributed by atoms with Gasteiger partial charge in [0.15, 0.2) is 0 Å². The number of para-hydroxylation sites is 1. The number of nitro benzene ring substituents is 1. The Bertz CT molecular complexity index is 1110. The third kappa shape index (κ3) is 4.16. The van der Waals surface area contributed by atoms with Crippen molar-refractivity contribution in [1.29, 1.82) is 0 Å². The minimum absolute atomic E-state index is 0.0437. The minimum atomic E-state index is -0.422. The van der Waals surface area contributed by atoms with Crippen LogP contribution in [0.2, 0.25) is 0 Å². The highest BCUT2D eigenvalue weighted by molar-refractivity contribution is 5.96. The molecule has 3 heterocycles. The number of cyclic esters (lactones) is 1. The lowest BCUT2D eigenvalue weighted by molar-refractivity contribution is -0.384. The first-order valence-corrected chi connectivity index (χ1v) is 11.6. The maximum Gasteiger partial charge on any atom is 0.414 e. The van der Waals surface area contributed by atoms with Gasteiger partial charge in [-0.15, -0.1) is 0 Å². The summed E-state index contributed by atoms with van der Waals surface area (Å²) in [7, 11) is 0. The van der Waals surface area contributed by atoms with Gasteiger partial charge in [-0.2, -0.15) is 0 Å². The van der Waals surface area contributed by atoms with Crippen LogP contribution in [0.15, 0.2) is 42.5 Å². The number of piperazine rings is 1. The second-order valence-corrected chi connectivity index (χ2v) is 8.77. The van der Waals surface area contributed by atoms with Crippen molar-refractivity contribution in [3.8, 4) is 0 Å². The molecular weight excluding hydrogens is 438 g/mol. The molecule has 2 fully saturated rings. The van der Waals surface area contributed by atoms with Crippen LogP contribution < -0.4 is 15.1 Å². The molecule has 3 aliphatic heterocycles. The van der Waals surface area contributed by atoms with Gasteiger partial charge in [0.1, 0.15) is 12.3 Å². The summed E-state index contributed by atoms with van der Waals surface area (Å²) in [5.74, 6) is -0.183. The average molecular weight is 466 g/mol. The maximum absolute atomic E-state index is 12.8. The van der Waals surface area contributed by atoms with E-state index in [-0.39, 0.29) is 30.3 Å². The fourth-order valence-electron chi connectivity index (χ4n) is 5.01. The number of nitrogens with zero attached hydrogens (tertiary/aromatic N) is 4. The molecule has 10 nitrogen and oxygen atoms in total. The number of amides is 2. The van der Waals surface area contributed by atoms with E-state index in [2.05, 4.69) is 5.32 Å². The first-order chi connectivity index (χ1) is 16.5. The molecule has 2 amide bonds. The van der Waals surface area contributed by atoms with E-state index in [0.29, 0.717) is 50.3 Å². The van der Waals surface area contributed by atoms with Crippen LogP contribution in [0.3, 0.4) is 0 Å². The molecule has 178 valence electrons. The van der Waals surface area contributed by atoms with E-state index in [0.717, 1.165) is 24.3 Å². The summed E-state index contributed by atoms with van der Waals surface area (Å²) in [6.45, 7) is 4.00. The van der Waals surface area contributed by atoms with Crippen LogP contribution in [-0.2, 0) is 11.3 Å². The summed E-state index contributed by atoms with van der Waals surface area (Å²) in [5.41, 5.74) is 2.62. The highest BCUT2D eigenvalue weighted by atomic mass is 16.6. The van der Waals surface area contributed by atoms with E-state index >= 15 is 0 Å². The molecule has 2 aromatic rings.